The van der Waals surface area contributed by atoms with Gasteiger partial charge in [-0.15, -0.1) is 12.4 Å². The molecule has 1 saturated carbocycles. The molecule has 0 radical (unpaired) electrons. The van der Waals surface area contributed by atoms with Crippen LogP contribution in [0.25, 0.3) is 0 Å². The predicted molar refractivity (Wildman–Crippen MR) is 68.1 cm³/mol. The Labute approximate surface area is 112 Å². The standard InChI is InChI=1S/C11H18N4O2.ClH/c1-8(9-13-7-17-15-9)14-10(16)11(12)5-3-2-4-6-11;/h7-8H,2-6,12H2,1H3,(H,14,16);1H. The van der Waals surface area contributed by atoms with E-state index in [9.17, 15) is 4.79 Å². The zero-order valence-corrected chi connectivity index (χ0v) is 11.2. The smallest absolute Gasteiger partial charge is 0.240 e. The van der Waals surface area contributed by atoms with Crippen molar-refractivity contribution in [3.05, 3.63) is 12.2 Å². The van der Waals surface area contributed by atoms with E-state index in [1.54, 1.807) is 0 Å². The van der Waals surface area contributed by atoms with E-state index < -0.39 is 5.54 Å². The Balaban J connectivity index is 0.00000162. The summed E-state index contributed by atoms with van der Waals surface area (Å²) in [6.07, 6.45) is 5.93. The molecule has 0 aliphatic heterocycles. The SMILES string of the molecule is CC(NC(=O)C1(N)CCCCC1)c1ncon1.Cl. The zero-order chi connectivity index (χ0) is 12.3. The molecule has 3 N–H and O–H groups in total. The summed E-state index contributed by atoms with van der Waals surface area (Å²) in [5, 5.41) is 6.54. The molecule has 7 heteroatoms. The molecule has 1 aliphatic rings. The van der Waals surface area contributed by atoms with Crippen LogP contribution in [0.1, 0.15) is 50.9 Å². The van der Waals surface area contributed by atoms with Crippen molar-refractivity contribution in [1.29, 1.82) is 0 Å². The first-order valence-corrected chi connectivity index (χ1v) is 5.98. The molecule has 1 aromatic rings. The van der Waals surface area contributed by atoms with Gasteiger partial charge in [0, 0.05) is 0 Å². The monoisotopic (exact) mass is 274 g/mol. The first-order chi connectivity index (χ1) is 8.12. The van der Waals surface area contributed by atoms with Gasteiger partial charge in [0.25, 0.3) is 0 Å². The lowest BCUT2D eigenvalue weighted by Crippen LogP contribution is -2.55. The second-order valence-corrected chi connectivity index (χ2v) is 4.70. The molecule has 1 heterocycles. The number of aromatic nitrogens is 2. The van der Waals surface area contributed by atoms with Gasteiger partial charge in [-0.05, 0) is 19.8 Å². The second kappa shape index (κ2) is 6.15. The molecule has 6 nitrogen and oxygen atoms in total. The molecule has 1 aliphatic carbocycles. The lowest BCUT2D eigenvalue weighted by molar-refractivity contribution is -0.128. The van der Waals surface area contributed by atoms with Gasteiger partial charge in [0.2, 0.25) is 12.3 Å². The van der Waals surface area contributed by atoms with Gasteiger partial charge < -0.3 is 15.6 Å². The van der Waals surface area contributed by atoms with Crippen LogP contribution >= 0.6 is 12.4 Å². The number of hydrogen-bond donors (Lipinski definition) is 2. The van der Waals surface area contributed by atoms with Crippen molar-refractivity contribution < 1.29 is 9.32 Å². The molecule has 1 aromatic heterocycles. The largest absolute Gasteiger partial charge is 0.345 e. The third kappa shape index (κ3) is 3.20. The van der Waals surface area contributed by atoms with E-state index in [4.69, 9.17) is 5.73 Å². The molecule has 0 saturated heterocycles. The van der Waals surface area contributed by atoms with Crippen molar-refractivity contribution in [1.82, 2.24) is 15.5 Å². The number of hydrogen-bond acceptors (Lipinski definition) is 5. The quantitative estimate of drug-likeness (QED) is 0.867. The van der Waals surface area contributed by atoms with Gasteiger partial charge in [0.05, 0.1) is 11.6 Å². The van der Waals surface area contributed by atoms with Gasteiger partial charge >= 0.3 is 0 Å². The van der Waals surface area contributed by atoms with Crippen molar-refractivity contribution in [2.75, 3.05) is 0 Å². The van der Waals surface area contributed by atoms with E-state index in [0.717, 1.165) is 32.1 Å². The second-order valence-electron chi connectivity index (χ2n) is 4.70. The highest BCUT2D eigenvalue weighted by Gasteiger charge is 2.36. The maximum absolute atomic E-state index is 12.1. The third-order valence-electron chi connectivity index (χ3n) is 3.31. The molecule has 18 heavy (non-hydrogen) atoms. The number of nitrogens with two attached hydrogens (primary N) is 1. The van der Waals surface area contributed by atoms with E-state index in [-0.39, 0.29) is 24.4 Å². The minimum Gasteiger partial charge on any atom is -0.345 e. The molecule has 0 aromatic carbocycles. The van der Waals surface area contributed by atoms with E-state index in [2.05, 4.69) is 20.0 Å². The van der Waals surface area contributed by atoms with Gasteiger partial charge in [0.15, 0.2) is 5.82 Å². The number of rotatable bonds is 3. The highest BCUT2D eigenvalue weighted by molar-refractivity contribution is 5.86. The predicted octanol–water partition coefficient (Wildman–Crippen LogP) is 1.33. The lowest BCUT2D eigenvalue weighted by Gasteiger charge is -2.32. The third-order valence-corrected chi connectivity index (χ3v) is 3.31. The molecule has 1 atom stereocenters. The number of nitrogens with zero attached hydrogens (tertiary/aromatic N) is 2. The topological polar surface area (TPSA) is 94.0 Å². The van der Waals surface area contributed by atoms with Crippen LogP contribution in [0.5, 0.6) is 0 Å². The van der Waals surface area contributed by atoms with Gasteiger partial charge in [-0.3, -0.25) is 4.79 Å². The highest BCUT2D eigenvalue weighted by Crippen LogP contribution is 2.26. The fraction of sp³-hybridized carbons (Fsp3) is 0.727. The summed E-state index contributed by atoms with van der Waals surface area (Å²) < 4.78 is 4.64. The van der Waals surface area contributed by atoms with Crippen LogP contribution in [-0.2, 0) is 4.79 Å². The molecule has 0 bridgehead atoms. The fourth-order valence-electron chi connectivity index (χ4n) is 2.18. The minimum atomic E-state index is -0.726. The van der Waals surface area contributed by atoms with Crippen LogP contribution in [0.3, 0.4) is 0 Å². The Morgan fingerprint density at radius 1 is 1.50 bits per heavy atom. The summed E-state index contributed by atoms with van der Waals surface area (Å²) in [4.78, 5) is 16.0. The van der Waals surface area contributed by atoms with Gasteiger partial charge in [-0.2, -0.15) is 4.98 Å². The Bertz CT molecular complexity index is 376. The normalized spacial score (nSPS) is 19.7. The molecule has 1 amide bonds. The van der Waals surface area contributed by atoms with Crippen molar-refractivity contribution in [2.24, 2.45) is 5.73 Å². The van der Waals surface area contributed by atoms with Gasteiger partial charge in [0.1, 0.15) is 0 Å². The number of halogens is 1. The fourth-order valence-corrected chi connectivity index (χ4v) is 2.18. The Morgan fingerprint density at radius 2 is 2.17 bits per heavy atom. The maximum Gasteiger partial charge on any atom is 0.240 e. The minimum absolute atomic E-state index is 0. The summed E-state index contributed by atoms with van der Waals surface area (Å²) in [6, 6.07) is -0.274. The van der Waals surface area contributed by atoms with Crippen LogP contribution in [0.4, 0.5) is 0 Å². The summed E-state index contributed by atoms with van der Waals surface area (Å²) in [6.45, 7) is 1.81. The molecule has 1 unspecified atom stereocenters. The van der Waals surface area contributed by atoms with E-state index in [1.807, 2.05) is 6.92 Å². The summed E-state index contributed by atoms with van der Waals surface area (Å²) in [5.74, 6) is 0.354. The molecular weight excluding hydrogens is 256 g/mol. The molecule has 102 valence electrons. The Morgan fingerprint density at radius 3 is 2.72 bits per heavy atom. The Hall–Kier alpha value is -1.14. The number of carbonyl (C=O) groups is 1. The summed E-state index contributed by atoms with van der Waals surface area (Å²) >= 11 is 0. The molecule has 1 fully saturated rings. The van der Waals surface area contributed by atoms with Gasteiger partial charge in [-0.1, -0.05) is 24.4 Å². The number of nitrogens with one attached hydrogen (secondary N) is 1. The molecule has 2 rings (SSSR count). The summed E-state index contributed by atoms with van der Waals surface area (Å²) in [5.41, 5.74) is 5.40. The van der Waals surface area contributed by atoms with Crippen LogP contribution in [0, 0.1) is 0 Å². The van der Waals surface area contributed by atoms with E-state index >= 15 is 0 Å². The zero-order valence-electron chi connectivity index (χ0n) is 10.4. The Kier molecular flexibility index (Phi) is 5.10. The first-order valence-electron chi connectivity index (χ1n) is 5.98. The van der Waals surface area contributed by atoms with Crippen LogP contribution in [0.2, 0.25) is 0 Å². The lowest BCUT2D eigenvalue weighted by atomic mass is 9.82. The van der Waals surface area contributed by atoms with E-state index in [0.29, 0.717) is 5.82 Å². The average Bonchev–Trinajstić information content (AvgIpc) is 2.83. The maximum atomic E-state index is 12.1. The van der Waals surface area contributed by atoms with Crippen molar-refractivity contribution in [3.8, 4) is 0 Å². The highest BCUT2D eigenvalue weighted by atomic mass is 35.5. The number of carbonyl (C=O) groups excluding carboxylic acids is 1. The summed E-state index contributed by atoms with van der Waals surface area (Å²) in [7, 11) is 0. The average molecular weight is 275 g/mol. The van der Waals surface area contributed by atoms with Crippen LogP contribution in [0.15, 0.2) is 10.9 Å². The van der Waals surface area contributed by atoms with Crippen LogP contribution in [-0.4, -0.2) is 21.6 Å². The first kappa shape index (κ1) is 14.9. The molecule has 0 spiro atoms. The van der Waals surface area contributed by atoms with Gasteiger partial charge in [-0.25, -0.2) is 0 Å². The van der Waals surface area contributed by atoms with Crippen molar-refractivity contribution in [2.45, 2.75) is 50.6 Å². The molecular formula is C11H19ClN4O2. The van der Waals surface area contributed by atoms with E-state index in [1.165, 1.54) is 6.39 Å². The number of amides is 1. The van der Waals surface area contributed by atoms with Crippen molar-refractivity contribution >= 4 is 18.3 Å². The van der Waals surface area contributed by atoms with Crippen molar-refractivity contribution in [3.63, 3.8) is 0 Å². The van der Waals surface area contributed by atoms with Crippen LogP contribution < -0.4 is 11.1 Å².